The minimum Gasteiger partial charge on any atom is -0.497 e. The zero-order valence-electron chi connectivity index (χ0n) is 16.2. The molecule has 1 fully saturated rings. The first kappa shape index (κ1) is 20.5. The number of nitrogens with one attached hydrogen (secondary N) is 2. The number of guanidine groups is 1. The SMILES string of the molecule is CCNC(=NCC(c1ccc(OC)cc1)N1CCOCC1)NCCOC. The lowest BCUT2D eigenvalue weighted by molar-refractivity contribution is 0.0179. The lowest BCUT2D eigenvalue weighted by Gasteiger charge is -2.34. The summed E-state index contributed by atoms with van der Waals surface area (Å²) in [6.45, 7) is 8.31. The van der Waals surface area contributed by atoms with Gasteiger partial charge in [-0.25, -0.2) is 0 Å². The van der Waals surface area contributed by atoms with Gasteiger partial charge in [0.1, 0.15) is 5.75 Å². The van der Waals surface area contributed by atoms with E-state index in [9.17, 15) is 0 Å². The second-order valence-corrected chi connectivity index (χ2v) is 6.08. The number of benzene rings is 1. The van der Waals surface area contributed by atoms with E-state index in [1.54, 1.807) is 14.2 Å². The van der Waals surface area contributed by atoms with Crippen LogP contribution in [-0.2, 0) is 9.47 Å². The van der Waals surface area contributed by atoms with Gasteiger partial charge in [-0.2, -0.15) is 0 Å². The number of aliphatic imine (C=N–C) groups is 1. The fourth-order valence-electron chi connectivity index (χ4n) is 2.94. The van der Waals surface area contributed by atoms with Gasteiger partial charge in [-0.15, -0.1) is 0 Å². The van der Waals surface area contributed by atoms with Crippen LogP contribution >= 0.6 is 0 Å². The van der Waals surface area contributed by atoms with Crippen molar-refractivity contribution in [3.8, 4) is 5.75 Å². The third-order valence-corrected chi connectivity index (χ3v) is 4.35. The smallest absolute Gasteiger partial charge is 0.191 e. The van der Waals surface area contributed by atoms with E-state index in [0.717, 1.165) is 51.1 Å². The molecule has 1 aliphatic rings. The molecule has 1 aromatic rings. The Bertz CT molecular complexity index is 530. The molecular weight excluding hydrogens is 332 g/mol. The van der Waals surface area contributed by atoms with Crippen LogP contribution in [0.1, 0.15) is 18.5 Å². The predicted molar refractivity (Wildman–Crippen MR) is 104 cm³/mol. The van der Waals surface area contributed by atoms with Crippen molar-refractivity contribution in [1.82, 2.24) is 15.5 Å². The van der Waals surface area contributed by atoms with Gasteiger partial charge in [0.05, 0.1) is 39.5 Å². The monoisotopic (exact) mass is 364 g/mol. The van der Waals surface area contributed by atoms with Gasteiger partial charge >= 0.3 is 0 Å². The van der Waals surface area contributed by atoms with Crippen molar-refractivity contribution in [3.05, 3.63) is 29.8 Å². The average molecular weight is 364 g/mol. The van der Waals surface area contributed by atoms with E-state index in [1.807, 2.05) is 12.1 Å². The van der Waals surface area contributed by atoms with E-state index in [4.69, 9.17) is 19.2 Å². The van der Waals surface area contributed by atoms with Crippen molar-refractivity contribution in [1.29, 1.82) is 0 Å². The second kappa shape index (κ2) is 11.7. The Morgan fingerprint density at radius 1 is 1.19 bits per heavy atom. The average Bonchev–Trinajstić information content (AvgIpc) is 2.69. The number of hydrogen-bond acceptors (Lipinski definition) is 5. The van der Waals surface area contributed by atoms with E-state index in [2.05, 4.69) is 34.6 Å². The van der Waals surface area contributed by atoms with Gasteiger partial charge in [0.15, 0.2) is 5.96 Å². The molecule has 1 atom stereocenters. The molecule has 1 heterocycles. The molecule has 0 spiro atoms. The van der Waals surface area contributed by atoms with E-state index in [0.29, 0.717) is 13.2 Å². The highest BCUT2D eigenvalue weighted by molar-refractivity contribution is 5.79. The largest absolute Gasteiger partial charge is 0.497 e. The molecule has 0 bridgehead atoms. The molecule has 1 saturated heterocycles. The lowest BCUT2D eigenvalue weighted by Crippen LogP contribution is -2.42. The topological polar surface area (TPSA) is 67.4 Å². The third kappa shape index (κ3) is 6.48. The molecule has 0 radical (unpaired) electrons. The Morgan fingerprint density at radius 2 is 1.92 bits per heavy atom. The maximum atomic E-state index is 5.52. The number of ether oxygens (including phenoxy) is 3. The Labute approximate surface area is 156 Å². The molecule has 1 unspecified atom stereocenters. The van der Waals surface area contributed by atoms with Crippen LogP contribution in [-0.4, -0.2) is 77.6 Å². The Hall–Kier alpha value is -1.83. The van der Waals surface area contributed by atoms with Gasteiger partial charge in [0.25, 0.3) is 0 Å². The molecular formula is C19H32N4O3. The molecule has 0 aromatic heterocycles. The summed E-state index contributed by atoms with van der Waals surface area (Å²) in [4.78, 5) is 7.24. The highest BCUT2D eigenvalue weighted by Gasteiger charge is 2.22. The number of morpholine rings is 1. The van der Waals surface area contributed by atoms with Gasteiger partial charge in [0.2, 0.25) is 0 Å². The van der Waals surface area contributed by atoms with Crippen LogP contribution < -0.4 is 15.4 Å². The summed E-state index contributed by atoms with van der Waals surface area (Å²) in [7, 11) is 3.39. The molecule has 26 heavy (non-hydrogen) atoms. The highest BCUT2D eigenvalue weighted by Crippen LogP contribution is 2.24. The van der Waals surface area contributed by atoms with Crippen molar-refractivity contribution >= 4 is 5.96 Å². The van der Waals surface area contributed by atoms with Crippen LogP contribution in [0.3, 0.4) is 0 Å². The van der Waals surface area contributed by atoms with Crippen molar-refractivity contribution in [2.45, 2.75) is 13.0 Å². The fourth-order valence-corrected chi connectivity index (χ4v) is 2.94. The Kier molecular flexibility index (Phi) is 9.23. The molecule has 7 heteroatoms. The van der Waals surface area contributed by atoms with Crippen LogP contribution in [0.15, 0.2) is 29.3 Å². The zero-order valence-corrected chi connectivity index (χ0v) is 16.2. The van der Waals surface area contributed by atoms with Crippen LogP contribution in [0, 0.1) is 0 Å². The Balaban J connectivity index is 2.11. The van der Waals surface area contributed by atoms with Crippen molar-refractivity contribution in [2.75, 3.05) is 66.8 Å². The minimum absolute atomic E-state index is 0.211. The van der Waals surface area contributed by atoms with Crippen molar-refractivity contribution in [2.24, 2.45) is 4.99 Å². The molecule has 0 amide bonds. The van der Waals surface area contributed by atoms with Gasteiger partial charge < -0.3 is 24.8 Å². The first-order valence-electron chi connectivity index (χ1n) is 9.25. The molecule has 2 N–H and O–H groups in total. The molecule has 146 valence electrons. The number of nitrogens with zero attached hydrogens (tertiary/aromatic N) is 2. The standard InChI is InChI=1S/C19H32N4O3/c1-4-20-19(21-9-12-24-2)22-15-18(23-10-13-26-14-11-23)16-5-7-17(25-3)8-6-16/h5-8,18H,4,9-15H2,1-3H3,(H2,20,21,22). The molecule has 0 saturated carbocycles. The lowest BCUT2D eigenvalue weighted by atomic mass is 10.0. The van der Waals surface area contributed by atoms with E-state index >= 15 is 0 Å². The summed E-state index contributed by atoms with van der Waals surface area (Å²) in [6, 6.07) is 8.48. The Morgan fingerprint density at radius 3 is 2.54 bits per heavy atom. The van der Waals surface area contributed by atoms with Gasteiger partial charge in [0, 0.05) is 33.3 Å². The quantitative estimate of drug-likeness (QED) is 0.391. The maximum absolute atomic E-state index is 5.52. The zero-order chi connectivity index (χ0) is 18.6. The summed E-state index contributed by atoms with van der Waals surface area (Å²) < 4.78 is 15.9. The van der Waals surface area contributed by atoms with Crippen molar-refractivity contribution in [3.63, 3.8) is 0 Å². The summed E-state index contributed by atoms with van der Waals surface area (Å²) in [5.74, 6) is 1.68. The summed E-state index contributed by atoms with van der Waals surface area (Å²) in [6.07, 6.45) is 0. The summed E-state index contributed by atoms with van der Waals surface area (Å²) in [5.41, 5.74) is 1.24. The van der Waals surface area contributed by atoms with Gasteiger partial charge in [-0.1, -0.05) is 12.1 Å². The van der Waals surface area contributed by atoms with Crippen LogP contribution in [0.25, 0.3) is 0 Å². The first-order valence-corrected chi connectivity index (χ1v) is 9.25. The van der Waals surface area contributed by atoms with E-state index < -0.39 is 0 Å². The number of rotatable bonds is 9. The molecule has 1 aromatic carbocycles. The minimum atomic E-state index is 0.211. The molecule has 0 aliphatic carbocycles. The molecule has 7 nitrogen and oxygen atoms in total. The highest BCUT2D eigenvalue weighted by atomic mass is 16.5. The first-order chi connectivity index (χ1) is 12.8. The maximum Gasteiger partial charge on any atom is 0.191 e. The second-order valence-electron chi connectivity index (χ2n) is 6.08. The summed E-state index contributed by atoms with van der Waals surface area (Å²) in [5, 5.41) is 6.59. The normalized spacial score (nSPS) is 17.0. The molecule has 1 aliphatic heterocycles. The number of hydrogen-bond donors (Lipinski definition) is 2. The van der Waals surface area contributed by atoms with Crippen LogP contribution in [0.4, 0.5) is 0 Å². The van der Waals surface area contributed by atoms with Crippen LogP contribution in [0.5, 0.6) is 5.75 Å². The van der Waals surface area contributed by atoms with Crippen molar-refractivity contribution < 1.29 is 14.2 Å². The third-order valence-electron chi connectivity index (χ3n) is 4.35. The fraction of sp³-hybridized carbons (Fsp3) is 0.632. The predicted octanol–water partition coefficient (Wildman–Crippen LogP) is 1.27. The van der Waals surface area contributed by atoms with E-state index in [-0.39, 0.29) is 6.04 Å². The molecule has 2 rings (SSSR count). The summed E-state index contributed by atoms with van der Waals surface area (Å²) >= 11 is 0. The number of methoxy groups -OCH3 is 2. The van der Waals surface area contributed by atoms with Crippen LogP contribution in [0.2, 0.25) is 0 Å². The van der Waals surface area contributed by atoms with Gasteiger partial charge in [-0.3, -0.25) is 9.89 Å². The van der Waals surface area contributed by atoms with E-state index in [1.165, 1.54) is 5.56 Å². The van der Waals surface area contributed by atoms with Gasteiger partial charge in [-0.05, 0) is 24.6 Å².